The highest BCUT2D eigenvalue weighted by molar-refractivity contribution is 9.10. The molecule has 1 atom stereocenters. The predicted molar refractivity (Wildman–Crippen MR) is 61.2 cm³/mol. The van der Waals surface area contributed by atoms with Crippen molar-refractivity contribution in [1.29, 1.82) is 0 Å². The van der Waals surface area contributed by atoms with Gasteiger partial charge in [0, 0.05) is 0 Å². The summed E-state index contributed by atoms with van der Waals surface area (Å²) in [6.45, 7) is 0.412. The fraction of sp³-hybridized carbons (Fsp3) is 0.364. The number of methoxy groups -OCH3 is 1. The summed E-state index contributed by atoms with van der Waals surface area (Å²) in [5.74, 6) is -0.263. The van der Waals surface area contributed by atoms with Crippen molar-refractivity contribution >= 4 is 21.9 Å². The van der Waals surface area contributed by atoms with Gasteiger partial charge in [-0.3, -0.25) is 4.79 Å². The normalized spacial score (nSPS) is 18.5. The molecule has 1 aromatic carbocycles. The van der Waals surface area contributed by atoms with Crippen molar-refractivity contribution in [1.82, 2.24) is 0 Å². The number of hydrogen-bond acceptors (Lipinski definition) is 3. The molecule has 0 bridgehead atoms. The molecule has 2 rings (SSSR count). The summed E-state index contributed by atoms with van der Waals surface area (Å²) < 4.78 is 11.4. The Kier molecular flexibility index (Phi) is 3.05. The standard InChI is InChI=1S/C11H11BrO4/c1-15-8-3-2-7(12)10-9(8)6(11(13)14)4-5-16-10/h2-3,6H,4-5H2,1H3,(H,13,14). The van der Waals surface area contributed by atoms with E-state index in [0.717, 1.165) is 4.47 Å². The summed E-state index contributed by atoms with van der Waals surface area (Å²) >= 11 is 3.35. The minimum absolute atomic E-state index is 0.412. The number of carboxylic acid groups (broad SMARTS) is 1. The van der Waals surface area contributed by atoms with E-state index in [0.29, 0.717) is 30.1 Å². The van der Waals surface area contributed by atoms with Crippen molar-refractivity contribution in [2.45, 2.75) is 12.3 Å². The Morgan fingerprint density at radius 2 is 2.38 bits per heavy atom. The van der Waals surface area contributed by atoms with E-state index in [9.17, 15) is 4.79 Å². The molecular formula is C11H11BrO4. The Morgan fingerprint density at radius 1 is 1.62 bits per heavy atom. The zero-order valence-electron chi connectivity index (χ0n) is 8.70. The third-order valence-corrected chi connectivity index (χ3v) is 3.25. The maximum absolute atomic E-state index is 11.2. The molecule has 5 heteroatoms. The highest BCUT2D eigenvalue weighted by atomic mass is 79.9. The van der Waals surface area contributed by atoms with E-state index in [1.54, 1.807) is 12.1 Å². The van der Waals surface area contributed by atoms with Crippen LogP contribution >= 0.6 is 15.9 Å². The zero-order valence-corrected chi connectivity index (χ0v) is 10.3. The largest absolute Gasteiger partial charge is 0.496 e. The topological polar surface area (TPSA) is 55.8 Å². The Bertz CT molecular complexity index is 430. The molecule has 1 aliphatic heterocycles. The maximum Gasteiger partial charge on any atom is 0.311 e. The molecule has 0 radical (unpaired) electrons. The molecule has 1 aromatic rings. The van der Waals surface area contributed by atoms with Crippen LogP contribution in [0.4, 0.5) is 0 Å². The number of carboxylic acids is 1. The van der Waals surface area contributed by atoms with Crippen LogP contribution in [0.1, 0.15) is 17.9 Å². The molecule has 86 valence electrons. The lowest BCUT2D eigenvalue weighted by Crippen LogP contribution is -2.21. The first kappa shape index (κ1) is 11.3. The fourth-order valence-corrected chi connectivity index (χ4v) is 2.34. The summed E-state index contributed by atoms with van der Waals surface area (Å²) in [5, 5.41) is 9.17. The van der Waals surface area contributed by atoms with Gasteiger partial charge in [-0.15, -0.1) is 0 Å². The molecule has 0 aromatic heterocycles. The van der Waals surface area contributed by atoms with E-state index >= 15 is 0 Å². The number of carbonyl (C=O) groups is 1. The Balaban J connectivity index is 2.60. The lowest BCUT2D eigenvalue weighted by molar-refractivity contribution is -0.139. The molecule has 0 saturated heterocycles. The molecule has 0 aliphatic carbocycles. The van der Waals surface area contributed by atoms with Crippen molar-refractivity contribution in [2.24, 2.45) is 0 Å². The van der Waals surface area contributed by atoms with Crippen molar-refractivity contribution in [2.75, 3.05) is 13.7 Å². The second kappa shape index (κ2) is 4.33. The minimum atomic E-state index is -0.846. The molecule has 16 heavy (non-hydrogen) atoms. The zero-order chi connectivity index (χ0) is 11.7. The van der Waals surface area contributed by atoms with E-state index in [2.05, 4.69) is 15.9 Å². The summed E-state index contributed by atoms with van der Waals surface area (Å²) in [6.07, 6.45) is 0.467. The quantitative estimate of drug-likeness (QED) is 0.907. The van der Waals surface area contributed by atoms with Gasteiger partial charge < -0.3 is 14.6 Å². The molecule has 1 heterocycles. The lowest BCUT2D eigenvalue weighted by Gasteiger charge is -2.25. The number of halogens is 1. The molecule has 0 spiro atoms. The molecule has 0 fully saturated rings. The first-order valence-electron chi connectivity index (χ1n) is 4.87. The number of fused-ring (bicyclic) bond motifs is 1. The van der Waals surface area contributed by atoms with Crippen LogP contribution in [-0.4, -0.2) is 24.8 Å². The second-order valence-corrected chi connectivity index (χ2v) is 4.37. The average molecular weight is 287 g/mol. The maximum atomic E-state index is 11.2. The van der Waals surface area contributed by atoms with Crippen LogP contribution < -0.4 is 9.47 Å². The van der Waals surface area contributed by atoms with E-state index in [4.69, 9.17) is 14.6 Å². The smallest absolute Gasteiger partial charge is 0.311 e. The van der Waals surface area contributed by atoms with Crippen LogP contribution in [0, 0.1) is 0 Å². The van der Waals surface area contributed by atoms with E-state index < -0.39 is 11.9 Å². The molecule has 4 nitrogen and oxygen atoms in total. The van der Waals surface area contributed by atoms with E-state index in [-0.39, 0.29) is 0 Å². The van der Waals surface area contributed by atoms with Gasteiger partial charge in [-0.1, -0.05) is 0 Å². The lowest BCUT2D eigenvalue weighted by atomic mass is 9.92. The molecule has 1 aliphatic rings. The molecule has 1 N–H and O–H groups in total. The number of benzene rings is 1. The van der Waals surface area contributed by atoms with Gasteiger partial charge in [0.1, 0.15) is 11.5 Å². The SMILES string of the molecule is COc1ccc(Br)c2c1C(C(=O)O)CCO2. The van der Waals surface area contributed by atoms with Crippen LogP contribution in [-0.2, 0) is 4.79 Å². The van der Waals surface area contributed by atoms with Crippen LogP contribution in [0.2, 0.25) is 0 Å². The molecule has 0 saturated carbocycles. The predicted octanol–water partition coefficient (Wildman–Crippen LogP) is 2.41. The Hall–Kier alpha value is -1.23. The fourth-order valence-electron chi connectivity index (χ4n) is 1.88. The van der Waals surface area contributed by atoms with Gasteiger partial charge in [-0.2, -0.15) is 0 Å². The first-order chi connectivity index (χ1) is 7.65. The van der Waals surface area contributed by atoms with Crippen molar-refractivity contribution in [3.05, 3.63) is 22.2 Å². The second-order valence-electron chi connectivity index (χ2n) is 3.52. The number of rotatable bonds is 2. The highest BCUT2D eigenvalue weighted by Gasteiger charge is 2.32. The average Bonchev–Trinajstić information content (AvgIpc) is 2.29. The molecule has 1 unspecified atom stereocenters. The Labute approximate surface area is 101 Å². The minimum Gasteiger partial charge on any atom is -0.496 e. The summed E-state index contributed by atoms with van der Waals surface area (Å²) in [4.78, 5) is 11.2. The monoisotopic (exact) mass is 286 g/mol. The van der Waals surface area contributed by atoms with Crippen LogP contribution in [0.15, 0.2) is 16.6 Å². The van der Waals surface area contributed by atoms with Crippen LogP contribution in [0.25, 0.3) is 0 Å². The first-order valence-corrected chi connectivity index (χ1v) is 5.66. The van der Waals surface area contributed by atoms with Gasteiger partial charge in [0.2, 0.25) is 0 Å². The number of hydrogen-bond donors (Lipinski definition) is 1. The molecule has 0 amide bonds. The van der Waals surface area contributed by atoms with Gasteiger partial charge in [-0.05, 0) is 34.5 Å². The van der Waals surface area contributed by atoms with Crippen LogP contribution in [0.3, 0.4) is 0 Å². The van der Waals surface area contributed by atoms with E-state index in [1.807, 2.05) is 0 Å². The third kappa shape index (κ3) is 1.75. The van der Waals surface area contributed by atoms with Gasteiger partial charge in [0.05, 0.1) is 29.7 Å². The summed E-state index contributed by atoms with van der Waals surface area (Å²) in [5.41, 5.74) is 0.621. The van der Waals surface area contributed by atoms with Gasteiger partial charge >= 0.3 is 5.97 Å². The third-order valence-electron chi connectivity index (χ3n) is 2.63. The van der Waals surface area contributed by atoms with Crippen molar-refractivity contribution in [3.63, 3.8) is 0 Å². The van der Waals surface area contributed by atoms with Crippen LogP contribution in [0.5, 0.6) is 11.5 Å². The van der Waals surface area contributed by atoms with Crippen molar-refractivity contribution < 1.29 is 19.4 Å². The van der Waals surface area contributed by atoms with Gasteiger partial charge in [0.25, 0.3) is 0 Å². The number of aliphatic carboxylic acids is 1. The highest BCUT2D eigenvalue weighted by Crippen LogP contribution is 2.44. The Morgan fingerprint density at radius 3 is 3.00 bits per heavy atom. The van der Waals surface area contributed by atoms with Gasteiger partial charge in [-0.25, -0.2) is 0 Å². The van der Waals surface area contributed by atoms with Gasteiger partial charge in [0.15, 0.2) is 0 Å². The van der Waals surface area contributed by atoms with E-state index in [1.165, 1.54) is 7.11 Å². The summed E-state index contributed by atoms with van der Waals surface area (Å²) in [6, 6.07) is 3.54. The molecular weight excluding hydrogens is 276 g/mol. The summed E-state index contributed by atoms with van der Waals surface area (Å²) in [7, 11) is 1.52. The number of ether oxygens (including phenoxy) is 2. The van der Waals surface area contributed by atoms with Crippen molar-refractivity contribution in [3.8, 4) is 11.5 Å².